The number of hydrogen-bond donors (Lipinski definition) is 1. The van der Waals surface area contributed by atoms with E-state index in [0.29, 0.717) is 21.6 Å². The maximum Gasteiger partial charge on any atom is 0.279 e. The van der Waals surface area contributed by atoms with E-state index in [1.807, 2.05) is 23.6 Å². The Hall–Kier alpha value is -3.36. The number of benzene rings is 2. The molecule has 0 atom stereocenters. The molecule has 0 saturated carbocycles. The van der Waals surface area contributed by atoms with Gasteiger partial charge >= 0.3 is 0 Å². The van der Waals surface area contributed by atoms with E-state index < -0.39 is 0 Å². The number of carbonyl (C=O) groups excluding carboxylic acids is 1. The monoisotopic (exact) mass is 445 g/mol. The van der Waals surface area contributed by atoms with Crippen molar-refractivity contribution in [2.45, 2.75) is 25.8 Å². The summed E-state index contributed by atoms with van der Waals surface area (Å²) < 4.78 is 1.28. The van der Waals surface area contributed by atoms with Crippen LogP contribution in [0.15, 0.2) is 64.8 Å². The zero-order chi connectivity index (χ0) is 21.9. The van der Waals surface area contributed by atoms with E-state index >= 15 is 0 Å². The van der Waals surface area contributed by atoms with Crippen LogP contribution in [0, 0.1) is 0 Å². The summed E-state index contributed by atoms with van der Waals surface area (Å²) in [7, 11) is 0. The minimum atomic E-state index is -0.384. The van der Waals surface area contributed by atoms with Crippen molar-refractivity contribution in [2.75, 3.05) is 18.4 Å². The van der Waals surface area contributed by atoms with Crippen LogP contribution in [0.25, 0.3) is 16.5 Å². The molecule has 2 aromatic carbocycles. The van der Waals surface area contributed by atoms with Crippen LogP contribution in [0.4, 0.5) is 5.13 Å². The topological polar surface area (TPSA) is 80.1 Å². The zero-order valence-corrected chi connectivity index (χ0v) is 18.3. The Morgan fingerprint density at radius 3 is 2.47 bits per heavy atom. The van der Waals surface area contributed by atoms with Crippen molar-refractivity contribution in [1.82, 2.24) is 19.7 Å². The van der Waals surface area contributed by atoms with Gasteiger partial charge in [0.25, 0.3) is 11.5 Å². The van der Waals surface area contributed by atoms with E-state index in [-0.39, 0.29) is 17.2 Å². The number of likely N-dealkylation sites (tertiary alicyclic amines) is 1. The predicted molar refractivity (Wildman–Crippen MR) is 127 cm³/mol. The molecule has 1 aliphatic heterocycles. The average molecular weight is 446 g/mol. The number of rotatable bonds is 5. The summed E-state index contributed by atoms with van der Waals surface area (Å²) >= 11 is 1.40. The van der Waals surface area contributed by atoms with Crippen molar-refractivity contribution in [3.05, 3.63) is 81.7 Å². The standard InChI is InChI=1S/C24H23N5O2S/c30-22(26-24-25-17(16-32-24)15-28-13-7-2-8-14-28)21-19-11-5-6-12-20(19)23(31)29(27-21)18-9-3-1-4-10-18/h1,3-6,9-12,16H,2,7-8,13-15H2,(H,25,26,30). The minimum Gasteiger partial charge on any atom is -0.297 e. The second-order valence-electron chi connectivity index (χ2n) is 7.88. The van der Waals surface area contributed by atoms with Crippen LogP contribution in [-0.4, -0.2) is 38.7 Å². The van der Waals surface area contributed by atoms with Gasteiger partial charge in [0.15, 0.2) is 10.8 Å². The van der Waals surface area contributed by atoms with Gasteiger partial charge in [0, 0.05) is 17.3 Å². The number of anilines is 1. The zero-order valence-electron chi connectivity index (χ0n) is 17.5. The number of carbonyl (C=O) groups is 1. The molecule has 162 valence electrons. The van der Waals surface area contributed by atoms with Gasteiger partial charge in [0.05, 0.1) is 16.8 Å². The Bertz CT molecular complexity index is 1310. The van der Waals surface area contributed by atoms with Crippen molar-refractivity contribution in [3.63, 3.8) is 0 Å². The molecule has 8 heteroatoms. The largest absolute Gasteiger partial charge is 0.297 e. The van der Waals surface area contributed by atoms with Gasteiger partial charge in [-0.05, 0) is 44.1 Å². The van der Waals surface area contributed by atoms with Crippen LogP contribution in [0.1, 0.15) is 35.4 Å². The summed E-state index contributed by atoms with van der Waals surface area (Å²) in [6, 6.07) is 16.2. The fourth-order valence-electron chi connectivity index (χ4n) is 4.04. The van der Waals surface area contributed by atoms with Gasteiger partial charge in [0.1, 0.15) is 0 Å². The minimum absolute atomic E-state index is 0.192. The molecule has 32 heavy (non-hydrogen) atoms. The van der Waals surface area contributed by atoms with E-state index in [1.165, 1.54) is 35.3 Å². The second-order valence-corrected chi connectivity index (χ2v) is 8.74. The number of hydrogen-bond acceptors (Lipinski definition) is 6. The molecular formula is C24H23N5O2S. The Morgan fingerprint density at radius 2 is 1.69 bits per heavy atom. The maximum atomic E-state index is 13.2. The Morgan fingerprint density at radius 1 is 0.969 bits per heavy atom. The highest BCUT2D eigenvalue weighted by atomic mass is 32.1. The molecule has 1 N–H and O–H groups in total. The van der Waals surface area contributed by atoms with Gasteiger partial charge in [-0.2, -0.15) is 9.78 Å². The Kier molecular flexibility index (Phi) is 5.79. The summed E-state index contributed by atoms with van der Waals surface area (Å²) in [4.78, 5) is 33.2. The first-order chi connectivity index (χ1) is 15.7. The van der Waals surface area contributed by atoms with Crippen molar-refractivity contribution < 1.29 is 4.79 Å². The predicted octanol–water partition coefficient (Wildman–Crippen LogP) is 4.08. The molecule has 4 aromatic rings. The Labute approximate surface area is 189 Å². The molecule has 3 heterocycles. The van der Waals surface area contributed by atoms with Gasteiger partial charge in [-0.15, -0.1) is 11.3 Å². The van der Waals surface area contributed by atoms with E-state index in [9.17, 15) is 9.59 Å². The summed E-state index contributed by atoms with van der Waals surface area (Å²) in [5, 5.41) is 10.8. The van der Waals surface area contributed by atoms with Gasteiger partial charge < -0.3 is 0 Å². The average Bonchev–Trinajstić information content (AvgIpc) is 3.27. The SMILES string of the molecule is O=C(Nc1nc(CN2CCCCC2)cs1)c1nn(-c2ccccc2)c(=O)c2ccccc12. The molecule has 7 nitrogen and oxygen atoms in total. The van der Waals surface area contributed by atoms with Crippen molar-refractivity contribution in [2.24, 2.45) is 0 Å². The van der Waals surface area contributed by atoms with E-state index in [0.717, 1.165) is 25.3 Å². The fraction of sp³-hybridized carbons (Fsp3) is 0.250. The van der Waals surface area contributed by atoms with Crippen LogP contribution in [0.2, 0.25) is 0 Å². The maximum absolute atomic E-state index is 13.2. The molecule has 1 saturated heterocycles. The summed E-state index contributed by atoms with van der Waals surface area (Å²) in [6.07, 6.45) is 3.74. The van der Waals surface area contributed by atoms with Crippen LogP contribution in [-0.2, 0) is 6.54 Å². The first-order valence-corrected chi connectivity index (χ1v) is 11.6. The first kappa shape index (κ1) is 20.5. The molecule has 0 aliphatic carbocycles. The lowest BCUT2D eigenvalue weighted by molar-refractivity contribution is 0.102. The molecule has 0 spiro atoms. The van der Waals surface area contributed by atoms with Gasteiger partial charge in [-0.1, -0.05) is 42.8 Å². The van der Waals surface area contributed by atoms with Crippen molar-refractivity contribution in [3.8, 4) is 5.69 Å². The molecule has 0 unspecified atom stereocenters. The lowest BCUT2D eigenvalue weighted by Gasteiger charge is -2.25. The van der Waals surface area contributed by atoms with E-state index in [1.54, 1.807) is 36.4 Å². The van der Waals surface area contributed by atoms with Crippen molar-refractivity contribution in [1.29, 1.82) is 0 Å². The molecule has 0 radical (unpaired) electrons. The lowest BCUT2D eigenvalue weighted by Crippen LogP contribution is -2.29. The number of para-hydroxylation sites is 1. The van der Waals surface area contributed by atoms with Gasteiger partial charge in [-0.25, -0.2) is 4.98 Å². The third-order valence-electron chi connectivity index (χ3n) is 5.63. The van der Waals surface area contributed by atoms with E-state index in [2.05, 4.69) is 20.3 Å². The smallest absolute Gasteiger partial charge is 0.279 e. The Balaban J connectivity index is 1.45. The number of thiazole rings is 1. The fourth-order valence-corrected chi connectivity index (χ4v) is 4.74. The highest BCUT2D eigenvalue weighted by Gasteiger charge is 2.19. The molecule has 1 amide bonds. The number of amides is 1. The number of nitrogens with one attached hydrogen (secondary N) is 1. The van der Waals surface area contributed by atoms with Crippen LogP contribution >= 0.6 is 11.3 Å². The molecular weight excluding hydrogens is 422 g/mol. The quantitative estimate of drug-likeness (QED) is 0.501. The summed E-state index contributed by atoms with van der Waals surface area (Å²) in [5.74, 6) is -0.384. The lowest BCUT2D eigenvalue weighted by atomic mass is 10.1. The van der Waals surface area contributed by atoms with Crippen LogP contribution in [0.5, 0.6) is 0 Å². The number of aromatic nitrogens is 3. The highest BCUT2D eigenvalue weighted by Crippen LogP contribution is 2.21. The first-order valence-electron chi connectivity index (χ1n) is 10.7. The molecule has 1 aliphatic rings. The van der Waals surface area contributed by atoms with Gasteiger partial charge in [-0.3, -0.25) is 19.8 Å². The summed E-state index contributed by atoms with van der Waals surface area (Å²) in [6.45, 7) is 2.98. The summed E-state index contributed by atoms with van der Waals surface area (Å²) in [5.41, 5.74) is 1.49. The number of piperidine rings is 1. The highest BCUT2D eigenvalue weighted by molar-refractivity contribution is 7.14. The number of nitrogens with zero attached hydrogens (tertiary/aromatic N) is 4. The normalized spacial score (nSPS) is 14.5. The van der Waals surface area contributed by atoms with Crippen LogP contribution < -0.4 is 10.9 Å². The molecule has 2 aromatic heterocycles. The number of fused-ring (bicyclic) bond motifs is 1. The second kappa shape index (κ2) is 9.02. The van der Waals surface area contributed by atoms with Crippen LogP contribution in [0.3, 0.4) is 0 Å². The molecule has 1 fully saturated rings. The third kappa shape index (κ3) is 4.19. The molecule has 0 bridgehead atoms. The molecule has 5 rings (SSSR count). The third-order valence-corrected chi connectivity index (χ3v) is 6.43. The van der Waals surface area contributed by atoms with Gasteiger partial charge in [0.2, 0.25) is 0 Å². The van der Waals surface area contributed by atoms with E-state index in [4.69, 9.17) is 0 Å². The van der Waals surface area contributed by atoms with Crippen molar-refractivity contribution >= 4 is 33.1 Å².